The van der Waals surface area contributed by atoms with Gasteiger partial charge in [-0.2, -0.15) is 0 Å². The van der Waals surface area contributed by atoms with E-state index in [0.29, 0.717) is 6.54 Å². The van der Waals surface area contributed by atoms with Crippen LogP contribution in [0, 0.1) is 5.41 Å². The molecule has 1 heterocycles. The monoisotopic (exact) mass is 166 g/mol. The highest BCUT2D eigenvalue weighted by Gasteiger charge is 2.50. The molecule has 2 rings (SSSR count). The summed E-state index contributed by atoms with van der Waals surface area (Å²) in [5.74, 6) is -0.684. The molecule has 12 heavy (non-hydrogen) atoms. The van der Waals surface area contributed by atoms with Crippen molar-refractivity contribution in [3.63, 3.8) is 0 Å². The van der Waals surface area contributed by atoms with Crippen LogP contribution in [0.25, 0.3) is 0 Å². The van der Waals surface area contributed by atoms with Gasteiger partial charge in [-0.15, -0.1) is 0 Å². The summed E-state index contributed by atoms with van der Waals surface area (Å²) in [7, 11) is 0. The lowest BCUT2D eigenvalue weighted by Crippen LogP contribution is -2.20. The Bertz CT molecular complexity index is 288. The van der Waals surface area contributed by atoms with E-state index in [9.17, 15) is 4.79 Å². The zero-order valence-corrected chi connectivity index (χ0v) is 6.60. The summed E-state index contributed by atoms with van der Waals surface area (Å²) < 4.78 is 1.82. The first kappa shape index (κ1) is 7.34. The topological polar surface area (TPSA) is 55.1 Å². The molecule has 0 aromatic carbocycles. The second-order valence-corrected chi connectivity index (χ2v) is 3.32. The molecule has 1 fully saturated rings. The van der Waals surface area contributed by atoms with E-state index in [2.05, 4.69) is 4.98 Å². The zero-order valence-electron chi connectivity index (χ0n) is 6.60. The minimum atomic E-state index is -0.684. The molecule has 64 valence electrons. The molecule has 1 aliphatic rings. The lowest BCUT2D eigenvalue weighted by molar-refractivity contribution is -0.143. The van der Waals surface area contributed by atoms with Crippen LogP contribution in [0.3, 0.4) is 0 Å². The molecule has 1 saturated carbocycles. The molecular formula is C8H10N2O2. The number of carboxylic acids is 1. The van der Waals surface area contributed by atoms with Gasteiger partial charge in [0.2, 0.25) is 0 Å². The summed E-state index contributed by atoms with van der Waals surface area (Å²) in [5.41, 5.74) is -0.485. The Hall–Kier alpha value is -1.32. The maximum absolute atomic E-state index is 10.8. The van der Waals surface area contributed by atoms with Crippen molar-refractivity contribution in [1.82, 2.24) is 9.55 Å². The molecule has 4 heteroatoms. The van der Waals surface area contributed by atoms with Crippen LogP contribution in [0.2, 0.25) is 0 Å². The summed E-state index contributed by atoms with van der Waals surface area (Å²) in [6.45, 7) is 0.558. The fourth-order valence-corrected chi connectivity index (χ4v) is 1.32. The third-order valence-corrected chi connectivity index (χ3v) is 2.35. The largest absolute Gasteiger partial charge is 0.481 e. The van der Waals surface area contributed by atoms with Gasteiger partial charge in [0.05, 0.1) is 11.7 Å². The minimum Gasteiger partial charge on any atom is -0.481 e. The van der Waals surface area contributed by atoms with Crippen molar-refractivity contribution in [1.29, 1.82) is 0 Å². The van der Waals surface area contributed by atoms with E-state index in [1.807, 2.05) is 4.57 Å². The van der Waals surface area contributed by atoms with Crippen LogP contribution in [0.1, 0.15) is 12.8 Å². The van der Waals surface area contributed by atoms with Gasteiger partial charge in [0.15, 0.2) is 0 Å². The number of rotatable bonds is 3. The first-order chi connectivity index (χ1) is 5.73. The normalized spacial score (nSPS) is 19.0. The first-order valence-corrected chi connectivity index (χ1v) is 3.92. The van der Waals surface area contributed by atoms with Crippen molar-refractivity contribution in [2.75, 3.05) is 0 Å². The molecule has 1 aromatic rings. The fraction of sp³-hybridized carbons (Fsp3) is 0.500. The molecule has 4 nitrogen and oxygen atoms in total. The van der Waals surface area contributed by atoms with Crippen molar-refractivity contribution >= 4 is 5.97 Å². The van der Waals surface area contributed by atoms with Gasteiger partial charge >= 0.3 is 5.97 Å². The molecular weight excluding hydrogens is 156 g/mol. The molecule has 0 spiro atoms. The Balaban J connectivity index is 2.09. The second kappa shape index (κ2) is 2.33. The third kappa shape index (κ3) is 1.09. The smallest absolute Gasteiger partial charge is 0.311 e. The zero-order chi connectivity index (χ0) is 8.60. The number of carboxylic acid groups (broad SMARTS) is 1. The molecule has 1 N–H and O–H groups in total. The number of nitrogens with zero attached hydrogens (tertiary/aromatic N) is 2. The molecule has 0 atom stereocenters. The molecule has 0 unspecified atom stereocenters. The predicted molar refractivity (Wildman–Crippen MR) is 41.5 cm³/mol. The molecule has 0 aliphatic heterocycles. The minimum absolute atomic E-state index is 0.485. The maximum atomic E-state index is 10.8. The summed E-state index contributed by atoms with van der Waals surface area (Å²) >= 11 is 0. The molecule has 0 bridgehead atoms. The van der Waals surface area contributed by atoms with Crippen molar-refractivity contribution in [3.8, 4) is 0 Å². The molecule has 1 aliphatic carbocycles. The highest BCUT2D eigenvalue weighted by Crippen LogP contribution is 2.47. The van der Waals surface area contributed by atoms with E-state index < -0.39 is 11.4 Å². The molecule has 1 aromatic heterocycles. The third-order valence-electron chi connectivity index (χ3n) is 2.35. The quantitative estimate of drug-likeness (QED) is 0.720. The van der Waals surface area contributed by atoms with E-state index in [4.69, 9.17) is 5.11 Å². The van der Waals surface area contributed by atoms with Gasteiger partial charge in [0, 0.05) is 18.9 Å². The Labute approximate surface area is 69.8 Å². The molecule has 0 radical (unpaired) electrons. The fourth-order valence-electron chi connectivity index (χ4n) is 1.32. The Morgan fingerprint density at radius 3 is 2.83 bits per heavy atom. The van der Waals surface area contributed by atoms with Crippen LogP contribution in [0.5, 0.6) is 0 Å². The molecule has 0 saturated heterocycles. The lowest BCUT2D eigenvalue weighted by Gasteiger charge is -2.09. The maximum Gasteiger partial charge on any atom is 0.311 e. The SMILES string of the molecule is O=C(O)C1(Cn2ccnc2)CC1. The summed E-state index contributed by atoms with van der Waals surface area (Å²) in [5, 5.41) is 8.87. The second-order valence-electron chi connectivity index (χ2n) is 3.32. The van der Waals surface area contributed by atoms with Crippen LogP contribution in [-0.2, 0) is 11.3 Å². The van der Waals surface area contributed by atoms with Crippen LogP contribution in [0.4, 0.5) is 0 Å². The number of hydrogen-bond donors (Lipinski definition) is 1. The Morgan fingerprint density at radius 2 is 2.42 bits per heavy atom. The highest BCUT2D eigenvalue weighted by molar-refractivity contribution is 5.77. The summed E-state index contributed by atoms with van der Waals surface area (Å²) in [6, 6.07) is 0. The van der Waals surface area contributed by atoms with Crippen LogP contribution < -0.4 is 0 Å². The summed E-state index contributed by atoms with van der Waals surface area (Å²) in [6.07, 6.45) is 6.70. The van der Waals surface area contributed by atoms with Gasteiger partial charge in [-0.3, -0.25) is 4.79 Å². The van der Waals surface area contributed by atoms with Gasteiger partial charge < -0.3 is 9.67 Å². The average molecular weight is 166 g/mol. The van der Waals surface area contributed by atoms with Crippen LogP contribution in [-0.4, -0.2) is 20.6 Å². The average Bonchev–Trinajstić information content (AvgIpc) is 2.60. The van der Waals surface area contributed by atoms with Crippen molar-refractivity contribution in [3.05, 3.63) is 18.7 Å². The van der Waals surface area contributed by atoms with Gasteiger partial charge in [-0.25, -0.2) is 4.98 Å². The van der Waals surface area contributed by atoms with E-state index in [-0.39, 0.29) is 0 Å². The van der Waals surface area contributed by atoms with Gasteiger partial charge in [-0.1, -0.05) is 0 Å². The predicted octanol–water partition coefficient (Wildman–Crippen LogP) is 0.748. The highest BCUT2D eigenvalue weighted by atomic mass is 16.4. The van der Waals surface area contributed by atoms with E-state index in [0.717, 1.165) is 12.8 Å². The Morgan fingerprint density at radius 1 is 1.67 bits per heavy atom. The standard InChI is InChI=1S/C8H10N2O2/c11-7(12)8(1-2-8)5-10-4-3-9-6-10/h3-4,6H,1-2,5H2,(H,11,12). The van der Waals surface area contributed by atoms with Crippen LogP contribution >= 0.6 is 0 Å². The van der Waals surface area contributed by atoms with Crippen molar-refractivity contribution in [2.45, 2.75) is 19.4 Å². The van der Waals surface area contributed by atoms with Crippen molar-refractivity contribution < 1.29 is 9.90 Å². The first-order valence-electron chi connectivity index (χ1n) is 3.92. The number of imidazole rings is 1. The summed E-state index contributed by atoms with van der Waals surface area (Å²) in [4.78, 5) is 14.6. The lowest BCUT2D eigenvalue weighted by atomic mass is 10.1. The number of hydrogen-bond acceptors (Lipinski definition) is 2. The van der Waals surface area contributed by atoms with Gasteiger partial charge in [0.25, 0.3) is 0 Å². The number of aliphatic carboxylic acids is 1. The van der Waals surface area contributed by atoms with E-state index >= 15 is 0 Å². The molecule has 0 amide bonds. The number of aromatic nitrogens is 2. The number of carbonyl (C=O) groups is 1. The van der Waals surface area contributed by atoms with Gasteiger partial charge in [-0.05, 0) is 12.8 Å². The van der Waals surface area contributed by atoms with E-state index in [1.165, 1.54) is 0 Å². The van der Waals surface area contributed by atoms with Crippen molar-refractivity contribution in [2.24, 2.45) is 5.41 Å². The van der Waals surface area contributed by atoms with E-state index in [1.54, 1.807) is 18.7 Å². The van der Waals surface area contributed by atoms with Crippen LogP contribution in [0.15, 0.2) is 18.7 Å². The Kier molecular flexibility index (Phi) is 1.43. The van der Waals surface area contributed by atoms with Gasteiger partial charge in [0.1, 0.15) is 0 Å².